The summed E-state index contributed by atoms with van der Waals surface area (Å²) in [6.45, 7) is 5.67. The molecule has 0 bridgehead atoms. The molecule has 1 aromatic rings. The maximum absolute atomic E-state index is 12.2. The topological polar surface area (TPSA) is 84.1 Å². The number of aromatic nitrogens is 2. The fourth-order valence-electron chi connectivity index (χ4n) is 2.82. The molecule has 1 fully saturated rings. The second-order valence-corrected chi connectivity index (χ2v) is 6.34. The lowest BCUT2D eigenvalue weighted by molar-refractivity contribution is 0.0359. The Kier molecular flexibility index (Phi) is 5.79. The third-order valence-corrected chi connectivity index (χ3v) is 4.51. The summed E-state index contributed by atoms with van der Waals surface area (Å²) in [5.41, 5.74) is 0.214. The molecular weight excluding hydrogens is 320 g/mol. The minimum atomic E-state index is -0.359. The van der Waals surface area contributed by atoms with Crippen LogP contribution in [0.25, 0.3) is 0 Å². The van der Waals surface area contributed by atoms with Crippen molar-refractivity contribution in [3.8, 4) is 12.3 Å². The smallest absolute Gasteiger partial charge is 0.254 e. The highest BCUT2D eigenvalue weighted by Gasteiger charge is 2.38. The molecule has 1 N–H and O–H groups in total. The van der Waals surface area contributed by atoms with Crippen molar-refractivity contribution in [1.29, 1.82) is 0 Å². The number of nitrogens with one attached hydrogen (secondary N) is 1. The predicted molar refractivity (Wildman–Crippen MR) is 92.1 cm³/mol. The van der Waals surface area contributed by atoms with E-state index in [0.717, 1.165) is 45.8 Å². The molecule has 1 aromatic heterocycles. The minimum Gasteiger partial charge on any atom is -0.379 e. The van der Waals surface area contributed by atoms with Gasteiger partial charge in [-0.15, -0.1) is 12.3 Å². The van der Waals surface area contributed by atoms with Gasteiger partial charge in [0.05, 0.1) is 31.5 Å². The molecule has 0 unspecified atom stereocenters. The van der Waals surface area contributed by atoms with E-state index >= 15 is 0 Å². The van der Waals surface area contributed by atoms with Crippen LogP contribution in [0.1, 0.15) is 29.6 Å². The van der Waals surface area contributed by atoms with Gasteiger partial charge < -0.3 is 10.1 Å². The number of carbonyl (C=O) groups excluding carboxylic acids is 1. The van der Waals surface area contributed by atoms with Gasteiger partial charge in [0.25, 0.3) is 5.91 Å². The maximum Gasteiger partial charge on any atom is 0.254 e. The Morgan fingerprint density at radius 1 is 1.32 bits per heavy atom. The van der Waals surface area contributed by atoms with Crippen LogP contribution < -0.4 is 5.32 Å². The molecule has 134 valence electrons. The average Bonchev–Trinajstić information content (AvgIpc) is 3.24. The van der Waals surface area contributed by atoms with Crippen molar-refractivity contribution in [2.45, 2.75) is 31.5 Å². The summed E-state index contributed by atoms with van der Waals surface area (Å²) in [5.74, 6) is 2.48. The number of morpholine rings is 1. The van der Waals surface area contributed by atoms with Crippen molar-refractivity contribution < 1.29 is 9.53 Å². The number of amides is 1. The second kappa shape index (κ2) is 8.23. The van der Waals surface area contributed by atoms with E-state index in [-0.39, 0.29) is 11.6 Å². The summed E-state index contributed by atoms with van der Waals surface area (Å²) in [7, 11) is 0. The van der Waals surface area contributed by atoms with Crippen LogP contribution >= 0.6 is 0 Å². The molecule has 8 heteroatoms. The number of hydrogen-bond acceptors (Lipinski definition) is 6. The number of hydrogen-bond donors (Lipinski definition) is 1. The zero-order valence-corrected chi connectivity index (χ0v) is 14.4. The lowest BCUT2D eigenvalue weighted by atomic mass is 10.0. The summed E-state index contributed by atoms with van der Waals surface area (Å²) in [6.07, 6.45) is 10.7. The largest absolute Gasteiger partial charge is 0.379 e. The molecule has 2 aliphatic heterocycles. The quantitative estimate of drug-likeness (QED) is 0.675. The summed E-state index contributed by atoms with van der Waals surface area (Å²) >= 11 is 0. The average molecular weight is 344 g/mol. The number of nitrogens with zero attached hydrogens (tertiary/aromatic N) is 5. The summed E-state index contributed by atoms with van der Waals surface area (Å²) in [5, 5.41) is 15.3. The molecule has 3 rings (SSSR count). The van der Waals surface area contributed by atoms with Gasteiger partial charge in [-0.1, -0.05) is 0 Å². The van der Waals surface area contributed by atoms with Gasteiger partial charge in [-0.2, -0.15) is 15.3 Å². The third-order valence-electron chi connectivity index (χ3n) is 4.51. The number of terminal acetylenes is 1. The first-order valence-electron chi connectivity index (χ1n) is 8.69. The molecule has 25 heavy (non-hydrogen) atoms. The lowest BCUT2D eigenvalue weighted by Crippen LogP contribution is -2.38. The first-order valence-corrected chi connectivity index (χ1v) is 8.69. The molecule has 1 saturated heterocycles. The molecule has 0 atom stereocenters. The van der Waals surface area contributed by atoms with Crippen molar-refractivity contribution in [1.82, 2.24) is 20.0 Å². The standard InChI is InChI=1S/C17H24N6O2/c1-2-3-4-17(20-21-17)5-6-18-16(24)15-13-19-23(14-15)8-7-22-9-11-25-12-10-22/h1,13-14H,3-12H2,(H,18,24). The summed E-state index contributed by atoms with van der Waals surface area (Å²) < 4.78 is 7.14. The molecule has 8 nitrogen and oxygen atoms in total. The van der Waals surface area contributed by atoms with Crippen LogP contribution in [0.4, 0.5) is 0 Å². The maximum atomic E-state index is 12.2. The van der Waals surface area contributed by atoms with Gasteiger partial charge in [0.1, 0.15) is 0 Å². The van der Waals surface area contributed by atoms with E-state index in [9.17, 15) is 4.79 Å². The molecule has 0 spiro atoms. The Bertz CT molecular complexity index is 650. The van der Waals surface area contributed by atoms with Crippen molar-refractivity contribution in [2.24, 2.45) is 10.2 Å². The normalized spacial score (nSPS) is 18.7. The highest BCUT2D eigenvalue weighted by molar-refractivity contribution is 5.93. The third kappa shape index (κ3) is 5.11. The molecule has 2 aliphatic rings. The Hall–Kier alpha value is -2.24. The van der Waals surface area contributed by atoms with Crippen molar-refractivity contribution in [3.05, 3.63) is 18.0 Å². The van der Waals surface area contributed by atoms with E-state index in [1.54, 1.807) is 12.4 Å². The van der Waals surface area contributed by atoms with Gasteiger partial charge in [0.15, 0.2) is 5.66 Å². The van der Waals surface area contributed by atoms with Crippen LogP contribution in [0.5, 0.6) is 0 Å². The minimum absolute atomic E-state index is 0.120. The molecule has 1 amide bonds. The van der Waals surface area contributed by atoms with E-state index < -0.39 is 0 Å². The van der Waals surface area contributed by atoms with E-state index in [1.165, 1.54) is 0 Å². The monoisotopic (exact) mass is 344 g/mol. The fourth-order valence-corrected chi connectivity index (χ4v) is 2.82. The molecule has 0 aromatic carbocycles. The van der Waals surface area contributed by atoms with Crippen LogP contribution in [0.15, 0.2) is 22.6 Å². The molecule has 0 aliphatic carbocycles. The van der Waals surface area contributed by atoms with Crippen LogP contribution in [0, 0.1) is 12.3 Å². The van der Waals surface area contributed by atoms with Gasteiger partial charge in [0.2, 0.25) is 0 Å². The van der Waals surface area contributed by atoms with Gasteiger partial charge >= 0.3 is 0 Å². The Morgan fingerprint density at radius 2 is 2.12 bits per heavy atom. The molecule has 0 saturated carbocycles. The van der Waals surface area contributed by atoms with Crippen molar-refractivity contribution >= 4 is 5.91 Å². The molecule has 0 radical (unpaired) electrons. The predicted octanol–water partition coefficient (Wildman–Crippen LogP) is 0.911. The van der Waals surface area contributed by atoms with Crippen LogP contribution in [0.2, 0.25) is 0 Å². The number of ether oxygens (including phenoxy) is 1. The summed E-state index contributed by atoms with van der Waals surface area (Å²) in [4.78, 5) is 14.5. The van der Waals surface area contributed by atoms with Crippen LogP contribution in [0.3, 0.4) is 0 Å². The zero-order valence-electron chi connectivity index (χ0n) is 14.4. The van der Waals surface area contributed by atoms with Crippen molar-refractivity contribution in [2.75, 3.05) is 39.4 Å². The number of rotatable bonds is 9. The van der Waals surface area contributed by atoms with Crippen LogP contribution in [-0.4, -0.2) is 65.6 Å². The first kappa shape index (κ1) is 17.6. The van der Waals surface area contributed by atoms with Gasteiger partial charge in [-0.05, 0) is 0 Å². The molecule has 3 heterocycles. The van der Waals surface area contributed by atoms with Crippen molar-refractivity contribution in [3.63, 3.8) is 0 Å². The highest BCUT2D eigenvalue weighted by atomic mass is 16.5. The fraction of sp³-hybridized carbons (Fsp3) is 0.647. The van der Waals surface area contributed by atoms with Crippen LogP contribution in [-0.2, 0) is 11.3 Å². The number of carbonyl (C=O) groups is 1. The Labute approximate surface area is 147 Å². The Morgan fingerprint density at radius 3 is 2.84 bits per heavy atom. The summed E-state index contributed by atoms with van der Waals surface area (Å²) in [6, 6.07) is 0. The zero-order chi connectivity index (χ0) is 17.5. The van der Waals surface area contributed by atoms with E-state index in [0.29, 0.717) is 24.9 Å². The lowest BCUT2D eigenvalue weighted by Gasteiger charge is -2.26. The van der Waals surface area contributed by atoms with Gasteiger partial charge in [-0.25, -0.2) is 0 Å². The Balaban J connectivity index is 1.38. The van der Waals surface area contributed by atoms with E-state index in [2.05, 4.69) is 31.5 Å². The van der Waals surface area contributed by atoms with E-state index in [4.69, 9.17) is 11.2 Å². The first-order chi connectivity index (χ1) is 12.2. The molecular formula is C17H24N6O2. The second-order valence-electron chi connectivity index (χ2n) is 6.34. The highest BCUT2D eigenvalue weighted by Crippen LogP contribution is 2.35. The SMILES string of the molecule is C#CCCC1(CCNC(=O)c2cnn(CCN3CCOCC3)c2)N=N1. The van der Waals surface area contributed by atoms with Gasteiger partial charge in [0, 0.05) is 51.6 Å². The van der Waals surface area contributed by atoms with E-state index in [1.807, 2.05) is 4.68 Å². The van der Waals surface area contributed by atoms with Gasteiger partial charge in [-0.3, -0.25) is 14.4 Å².